The van der Waals surface area contributed by atoms with Crippen molar-refractivity contribution in [3.63, 3.8) is 0 Å². The van der Waals surface area contributed by atoms with Gasteiger partial charge in [0.15, 0.2) is 0 Å². The van der Waals surface area contributed by atoms with Crippen LogP contribution in [0.2, 0.25) is 0 Å². The number of phosphoric acid groups is 2. The molecule has 1 saturated heterocycles. The number of carbonyl (C=O) groups is 1. The number of terminal acetylenes is 1. The van der Waals surface area contributed by atoms with Gasteiger partial charge in [0, 0.05) is 25.5 Å². The van der Waals surface area contributed by atoms with Gasteiger partial charge in [0.05, 0.1) is 72.7 Å². The van der Waals surface area contributed by atoms with Crippen LogP contribution in [0.4, 0.5) is 5.82 Å². The zero-order chi connectivity index (χ0) is 37.4. The molecule has 0 spiro atoms. The highest BCUT2D eigenvalue weighted by Crippen LogP contribution is 2.49. The molecule has 0 aliphatic carbocycles. The normalized spacial score (nSPS) is 18.8. The van der Waals surface area contributed by atoms with Gasteiger partial charge in [-0.3, -0.25) is 22.9 Å². The standard InChI is InChI=1S/C30H51N3O16P2/c1-2-12-41-15-17-43-19-21-45-22-20-44-18-16-42-14-10-25(34)8-6-4-3-5-7-13-46-51(39,40)49-26-23-29(33-11-9-28(31)32-30(33)35)48-27(26)24-47-50(36,37)38/h1,9,11,26-27,29H,3-8,10,12-24H2,(H,39,40)(H2,31,32,35)(H2,36,37,38)/t26?,27-,29-/m1/s1. The Hall–Kier alpha value is -2.11. The molecule has 1 fully saturated rings. The molecule has 1 aliphatic rings. The molecule has 0 radical (unpaired) electrons. The molecule has 2 heterocycles. The van der Waals surface area contributed by atoms with Crippen molar-refractivity contribution < 1.29 is 70.6 Å². The maximum Gasteiger partial charge on any atom is 0.472 e. The van der Waals surface area contributed by atoms with E-state index in [4.69, 9.17) is 59.4 Å². The van der Waals surface area contributed by atoms with Gasteiger partial charge in [0.25, 0.3) is 0 Å². The third-order valence-electron chi connectivity index (χ3n) is 7.07. The zero-order valence-corrected chi connectivity index (χ0v) is 30.4. The van der Waals surface area contributed by atoms with Crippen LogP contribution >= 0.6 is 15.6 Å². The van der Waals surface area contributed by atoms with Crippen molar-refractivity contribution >= 4 is 27.2 Å². The van der Waals surface area contributed by atoms with Crippen molar-refractivity contribution in [1.29, 1.82) is 0 Å². The molecule has 292 valence electrons. The van der Waals surface area contributed by atoms with Crippen LogP contribution < -0.4 is 11.4 Å². The predicted molar refractivity (Wildman–Crippen MR) is 180 cm³/mol. The van der Waals surface area contributed by atoms with Crippen LogP contribution in [0.3, 0.4) is 0 Å². The summed E-state index contributed by atoms with van der Waals surface area (Å²) in [6, 6.07) is 1.34. The summed E-state index contributed by atoms with van der Waals surface area (Å²) < 4.78 is 72.0. The summed E-state index contributed by atoms with van der Waals surface area (Å²) in [5.74, 6) is 2.46. The molecule has 19 nitrogen and oxygen atoms in total. The van der Waals surface area contributed by atoms with Gasteiger partial charge in [0.2, 0.25) is 0 Å². The first-order chi connectivity index (χ1) is 24.4. The fraction of sp³-hybridized carbons (Fsp3) is 0.767. The second-order valence-electron chi connectivity index (χ2n) is 11.2. The Morgan fingerprint density at radius 3 is 2.08 bits per heavy atom. The predicted octanol–water partition coefficient (Wildman–Crippen LogP) is 1.74. The van der Waals surface area contributed by atoms with Gasteiger partial charge in [0.1, 0.15) is 36.6 Å². The summed E-state index contributed by atoms with van der Waals surface area (Å²) in [5.41, 5.74) is 4.75. The van der Waals surface area contributed by atoms with Crippen LogP contribution in [-0.2, 0) is 55.9 Å². The van der Waals surface area contributed by atoms with Crippen molar-refractivity contribution in [1.82, 2.24) is 9.55 Å². The molecule has 5 N–H and O–H groups in total. The van der Waals surface area contributed by atoms with Crippen LogP contribution in [0.15, 0.2) is 17.1 Å². The van der Waals surface area contributed by atoms with Crippen molar-refractivity contribution in [3.05, 3.63) is 22.7 Å². The highest BCUT2D eigenvalue weighted by Gasteiger charge is 2.43. The van der Waals surface area contributed by atoms with Crippen molar-refractivity contribution in [3.8, 4) is 12.3 Å². The second-order valence-corrected chi connectivity index (χ2v) is 13.8. The summed E-state index contributed by atoms with van der Waals surface area (Å²) in [5, 5.41) is 0. The van der Waals surface area contributed by atoms with Crippen LogP contribution in [0.25, 0.3) is 0 Å². The maximum absolute atomic E-state index is 12.6. The van der Waals surface area contributed by atoms with Crippen LogP contribution in [-0.4, -0.2) is 122 Å². The molecule has 4 atom stereocenters. The number of hydrogen-bond acceptors (Lipinski definition) is 15. The second kappa shape index (κ2) is 25.8. The molecule has 0 aromatic carbocycles. The number of ketones is 1. The van der Waals surface area contributed by atoms with Crippen LogP contribution in [0, 0.1) is 12.3 Å². The van der Waals surface area contributed by atoms with E-state index in [2.05, 4.69) is 15.4 Å². The molecule has 0 amide bonds. The van der Waals surface area contributed by atoms with Gasteiger partial charge >= 0.3 is 21.3 Å². The summed E-state index contributed by atoms with van der Waals surface area (Å²) in [4.78, 5) is 56.3. The molecule has 2 rings (SSSR count). The first kappa shape index (κ1) is 45.0. The van der Waals surface area contributed by atoms with Crippen LogP contribution in [0.5, 0.6) is 0 Å². The number of hydrogen-bond donors (Lipinski definition) is 4. The van der Waals surface area contributed by atoms with E-state index in [1.165, 1.54) is 12.3 Å². The maximum atomic E-state index is 12.6. The van der Waals surface area contributed by atoms with Gasteiger partial charge < -0.3 is 48.8 Å². The summed E-state index contributed by atoms with van der Waals surface area (Å²) >= 11 is 0. The molecule has 1 aliphatic heterocycles. The molecular formula is C30H51N3O16P2. The fourth-order valence-electron chi connectivity index (χ4n) is 4.61. The molecular weight excluding hydrogens is 720 g/mol. The smallest absolute Gasteiger partial charge is 0.383 e. The van der Waals surface area contributed by atoms with Gasteiger partial charge in [-0.1, -0.05) is 25.2 Å². The highest BCUT2D eigenvalue weighted by molar-refractivity contribution is 7.47. The highest BCUT2D eigenvalue weighted by atomic mass is 31.2. The quantitative estimate of drug-likeness (QED) is 0.0476. The fourth-order valence-corrected chi connectivity index (χ4v) is 5.93. The van der Waals surface area contributed by atoms with Crippen LogP contribution in [0.1, 0.15) is 57.6 Å². The monoisotopic (exact) mass is 771 g/mol. The molecule has 0 bridgehead atoms. The number of ether oxygens (including phenoxy) is 6. The Morgan fingerprint density at radius 2 is 1.47 bits per heavy atom. The lowest BCUT2D eigenvalue weighted by Crippen LogP contribution is -2.29. The number of unbranched alkanes of at least 4 members (excludes halogenated alkanes) is 4. The number of nitrogen functional groups attached to an aromatic ring is 1. The van der Waals surface area contributed by atoms with Gasteiger partial charge in [-0.05, 0) is 18.9 Å². The topological polar surface area (TPSA) is 256 Å². The van der Waals surface area contributed by atoms with Crippen molar-refractivity contribution in [2.45, 2.75) is 69.8 Å². The van der Waals surface area contributed by atoms with E-state index in [0.29, 0.717) is 91.6 Å². The number of aromatic nitrogens is 2. The van der Waals surface area contributed by atoms with E-state index in [9.17, 15) is 23.6 Å². The minimum absolute atomic E-state index is 0.0256. The van der Waals surface area contributed by atoms with Crippen molar-refractivity contribution in [2.24, 2.45) is 0 Å². The minimum atomic E-state index is -4.90. The lowest BCUT2D eigenvalue weighted by atomic mass is 10.1. The first-order valence-corrected chi connectivity index (χ1v) is 19.6. The third kappa shape index (κ3) is 21.9. The van der Waals surface area contributed by atoms with E-state index in [0.717, 1.165) is 17.4 Å². The Kier molecular flexibility index (Phi) is 22.8. The van der Waals surface area contributed by atoms with E-state index in [1.54, 1.807) is 0 Å². The summed E-state index contributed by atoms with van der Waals surface area (Å²) in [6.45, 7) is 3.28. The molecule has 0 saturated carbocycles. The number of nitrogens with two attached hydrogens (primary N) is 1. The first-order valence-electron chi connectivity index (χ1n) is 16.6. The number of rotatable bonds is 31. The SMILES string of the molecule is C#CCOCCOCCOCCOCCOCCC(=O)CCCCCCCOP(=O)(O)OC1C[C@H](n2ccc(N)nc2=O)O[C@@H]1COP(=O)(O)O. The molecule has 21 heteroatoms. The molecule has 1 aromatic heterocycles. The van der Waals surface area contributed by atoms with E-state index >= 15 is 0 Å². The van der Waals surface area contributed by atoms with Gasteiger partial charge in [-0.15, -0.1) is 6.42 Å². The lowest BCUT2D eigenvalue weighted by molar-refractivity contribution is -0.120. The van der Waals surface area contributed by atoms with E-state index in [-0.39, 0.29) is 31.2 Å². The summed E-state index contributed by atoms with van der Waals surface area (Å²) in [7, 11) is -9.52. The molecule has 51 heavy (non-hydrogen) atoms. The van der Waals surface area contributed by atoms with E-state index in [1.807, 2.05) is 0 Å². The Morgan fingerprint density at radius 1 is 0.882 bits per heavy atom. The number of phosphoric ester groups is 2. The number of carbonyl (C=O) groups excluding carboxylic acids is 1. The third-order valence-corrected chi connectivity index (χ3v) is 8.60. The van der Waals surface area contributed by atoms with Gasteiger partial charge in [-0.2, -0.15) is 4.98 Å². The van der Waals surface area contributed by atoms with Gasteiger partial charge in [-0.25, -0.2) is 13.9 Å². The van der Waals surface area contributed by atoms with E-state index < -0.39 is 46.4 Å². The number of anilines is 1. The number of Topliss-reactive ketones (excluding diaryl/α,β-unsaturated/α-hetero) is 1. The Bertz CT molecular complexity index is 1320. The average molecular weight is 772 g/mol. The Labute approximate surface area is 297 Å². The number of nitrogens with zero attached hydrogens (tertiary/aromatic N) is 2. The molecule has 2 unspecified atom stereocenters. The zero-order valence-electron chi connectivity index (χ0n) is 28.6. The largest absolute Gasteiger partial charge is 0.472 e. The minimum Gasteiger partial charge on any atom is -0.383 e. The van der Waals surface area contributed by atoms with Crippen molar-refractivity contribution in [2.75, 3.05) is 85.0 Å². The summed E-state index contributed by atoms with van der Waals surface area (Å²) in [6.07, 6.45) is 6.94. The molecule has 1 aromatic rings. The Balaban J connectivity index is 1.49. The average Bonchev–Trinajstić information content (AvgIpc) is 3.45. The lowest BCUT2D eigenvalue weighted by Gasteiger charge is -2.21.